The maximum absolute atomic E-state index is 13.6. The van der Waals surface area contributed by atoms with E-state index >= 15 is 0 Å². The molecule has 1 aromatic heterocycles. The van der Waals surface area contributed by atoms with Gasteiger partial charge in [0.2, 0.25) is 0 Å². The molecule has 160 valence electrons. The van der Waals surface area contributed by atoms with Crippen LogP contribution in [0.15, 0.2) is 90.0 Å². The fourth-order valence-electron chi connectivity index (χ4n) is 3.26. The van der Waals surface area contributed by atoms with E-state index in [1.165, 1.54) is 24.4 Å². The molecule has 0 saturated heterocycles. The lowest BCUT2D eigenvalue weighted by molar-refractivity contribution is 0.102. The van der Waals surface area contributed by atoms with Crippen molar-refractivity contribution in [1.82, 2.24) is 10.2 Å². The van der Waals surface area contributed by atoms with Crippen LogP contribution >= 0.6 is 0 Å². The first-order valence-corrected chi connectivity index (χ1v) is 10.8. The fraction of sp³-hybridized carbons (Fsp3) is 0. The van der Waals surface area contributed by atoms with Crippen LogP contribution in [-0.4, -0.2) is 24.5 Å². The standard InChI is InChI=1S/C23H17FN4O3S/c24-32(30,31)21-7-2-1-6-19(21)15-8-10-18(11-9-15)27-23(29)20-12-13-26-28-22(20)16-4-3-5-17(25)14-16/h1-14H,25H2,(H,27,29). The van der Waals surface area contributed by atoms with Gasteiger partial charge in [0.05, 0.1) is 11.8 Å². The quantitative estimate of drug-likeness (QED) is 0.347. The molecule has 0 radical (unpaired) electrons. The number of hydrogen-bond acceptors (Lipinski definition) is 6. The molecule has 0 fully saturated rings. The van der Waals surface area contributed by atoms with Gasteiger partial charge in [0.1, 0.15) is 10.6 Å². The summed E-state index contributed by atoms with van der Waals surface area (Å²) in [4.78, 5) is 12.5. The summed E-state index contributed by atoms with van der Waals surface area (Å²) in [5.41, 5.74) is 8.91. The number of nitrogens with one attached hydrogen (secondary N) is 1. The first kappa shape index (κ1) is 21.1. The number of halogens is 1. The highest BCUT2D eigenvalue weighted by Gasteiger charge is 2.18. The van der Waals surface area contributed by atoms with E-state index in [9.17, 15) is 17.1 Å². The molecule has 32 heavy (non-hydrogen) atoms. The number of aromatic nitrogens is 2. The van der Waals surface area contributed by atoms with Crippen LogP contribution in [0.3, 0.4) is 0 Å². The Bertz CT molecular complexity index is 1410. The summed E-state index contributed by atoms with van der Waals surface area (Å²) in [6.07, 6.45) is 1.42. The summed E-state index contributed by atoms with van der Waals surface area (Å²) in [5, 5.41) is 10.7. The van der Waals surface area contributed by atoms with Gasteiger partial charge in [0.15, 0.2) is 0 Å². The third-order valence-corrected chi connectivity index (χ3v) is 5.61. The second-order valence-electron chi connectivity index (χ2n) is 6.88. The van der Waals surface area contributed by atoms with Crippen molar-refractivity contribution in [3.05, 3.63) is 90.6 Å². The molecule has 3 N–H and O–H groups in total. The molecular weight excluding hydrogens is 431 g/mol. The molecule has 0 aliphatic rings. The van der Waals surface area contributed by atoms with Crippen molar-refractivity contribution in [2.45, 2.75) is 4.90 Å². The largest absolute Gasteiger partial charge is 0.399 e. The number of carbonyl (C=O) groups is 1. The van der Waals surface area contributed by atoms with Crippen molar-refractivity contribution in [3.63, 3.8) is 0 Å². The van der Waals surface area contributed by atoms with E-state index in [0.29, 0.717) is 33.8 Å². The Morgan fingerprint density at radius 1 is 0.906 bits per heavy atom. The van der Waals surface area contributed by atoms with Gasteiger partial charge in [0.25, 0.3) is 5.91 Å². The Morgan fingerprint density at radius 2 is 1.66 bits per heavy atom. The number of nitrogen functional groups attached to an aromatic ring is 1. The topological polar surface area (TPSA) is 115 Å². The predicted molar refractivity (Wildman–Crippen MR) is 120 cm³/mol. The van der Waals surface area contributed by atoms with Crippen molar-refractivity contribution in [2.75, 3.05) is 11.1 Å². The van der Waals surface area contributed by atoms with E-state index < -0.39 is 21.0 Å². The Kier molecular flexibility index (Phi) is 5.65. The maximum Gasteiger partial charge on any atom is 0.332 e. The molecule has 9 heteroatoms. The zero-order valence-corrected chi connectivity index (χ0v) is 17.4. The molecule has 0 aliphatic heterocycles. The number of nitrogens with two attached hydrogens (primary N) is 1. The van der Waals surface area contributed by atoms with E-state index in [4.69, 9.17) is 5.73 Å². The lowest BCUT2D eigenvalue weighted by atomic mass is 10.0. The van der Waals surface area contributed by atoms with Gasteiger partial charge >= 0.3 is 10.2 Å². The molecule has 0 saturated carbocycles. The third kappa shape index (κ3) is 4.47. The van der Waals surface area contributed by atoms with Crippen molar-refractivity contribution in [3.8, 4) is 22.4 Å². The van der Waals surface area contributed by atoms with E-state index in [0.717, 1.165) is 0 Å². The van der Waals surface area contributed by atoms with Gasteiger partial charge in [-0.2, -0.15) is 13.5 Å². The number of benzene rings is 3. The fourth-order valence-corrected chi connectivity index (χ4v) is 3.95. The van der Waals surface area contributed by atoms with Gasteiger partial charge in [-0.1, -0.05) is 42.5 Å². The van der Waals surface area contributed by atoms with Gasteiger partial charge in [-0.25, -0.2) is 0 Å². The van der Waals surface area contributed by atoms with Crippen LogP contribution in [0, 0.1) is 0 Å². The van der Waals surface area contributed by atoms with Crippen LogP contribution in [0.1, 0.15) is 10.4 Å². The molecule has 0 spiro atoms. The summed E-state index contributed by atoms with van der Waals surface area (Å²) >= 11 is 0. The molecule has 4 rings (SSSR count). The average molecular weight is 448 g/mol. The second-order valence-corrected chi connectivity index (χ2v) is 8.20. The summed E-state index contributed by atoms with van der Waals surface area (Å²) in [5.74, 6) is -0.406. The highest BCUT2D eigenvalue weighted by molar-refractivity contribution is 7.86. The molecule has 7 nitrogen and oxygen atoms in total. The lowest BCUT2D eigenvalue weighted by Crippen LogP contribution is -2.14. The SMILES string of the molecule is Nc1cccc(-c2nnccc2C(=O)Nc2ccc(-c3ccccc3S(=O)(=O)F)cc2)c1. The lowest BCUT2D eigenvalue weighted by Gasteiger charge is -2.11. The monoisotopic (exact) mass is 448 g/mol. The molecule has 0 aliphatic carbocycles. The number of rotatable bonds is 5. The van der Waals surface area contributed by atoms with Crippen LogP contribution in [-0.2, 0) is 10.2 Å². The highest BCUT2D eigenvalue weighted by Crippen LogP contribution is 2.30. The Hall–Kier alpha value is -4.11. The van der Waals surface area contributed by atoms with Crippen molar-refractivity contribution >= 4 is 27.5 Å². The molecule has 0 unspecified atom stereocenters. The van der Waals surface area contributed by atoms with Crippen molar-refractivity contribution in [2.24, 2.45) is 0 Å². The first-order valence-electron chi connectivity index (χ1n) is 9.46. The Labute approximate surface area is 184 Å². The summed E-state index contributed by atoms with van der Waals surface area (Å²) in [7, 11) is -4.87. The minimum Gasteiger partial charge on any atom is -0.399 e. The summed E-state index contributed by atoms with van der Waals surface area (Å²) < 4.78 is 36.5. The van der Waals surface area contributed by atoms with Crippen LogP contribution < -0.4 is 11.1 Å². The minimum atomic E-state index is -4.87. The predicted octanol–water partition coefficient (Wildman–Crippen LogP) is 4.30. The molecule has 1 amide bonds. The second kappa shape index (κ2) is 8.56. The third-order valence-electron chi connectivity index (χ3n) is 4.73. The minimum absolute atomic E-state index is 0.232. The van der Waals surface area contributed by atoms with Crippen LogP contribution in [0.5, 0.6) is 0 Å². The number of hydrogen-bond donors (Lipinski definition) is 2. The Balaban J connectivity index is 1.61. The number of anilines is 2. The zero-order valence-electron chi connectivity index (χ0n) is 16.6. The number of amides is 1. The smallest absolute Gasteiger partial charge is 0.332 e. The van der Waals surface area contributed by atoms with E-state index in [1.54, 1.807) is 60.7 Å². The summed E-state index contributed by atoms with van der Waals surface area (Å²) in [6.45, 7) is 0. The van der Waals surface area contributed by atoms with Crippen molar-refractivity contribution in [1.29, 1.82) is 0 Å². The first-order chi connectivity index (χ1) is 15.3. The van der Waals surface area contributed by atoms with Gasteiger partial charge in [-0.05, 0) is 42.0 Å². The number of carbonyl (C=O) groups excluding carboxylic acids is 1. The van der Waals surface area contributed by atoms with Gasteiger partial charge in [-0.3, -0.25) is 4.79 Å². The molecule has 0 bridgehead atoms. The van der Waals surface area contributed by atoms with Crippen LogP contribution in [0.4, 0.5) is 15.3 Å². The van der Waals surface area contributed by atoms with Crippen LogP contribution in [0.25, 0.3) is 22.4 Å². The average Bonchev–Trinajstić information content (AvgIpc) is 2.79. The van der Waals surface area contributed by atoms with E-state index in [-0.39, 0.29) is 5.56 Å². The molecule has 0 atom stereocenters. The maximum atomic E-state index is 13.6. The highest BCUT2D eigenvalue weighted by atomic mass is 32.3. The molecule has 1 heterocycles. The zero-order chi connectivity index (χ0) is 22.7. The van der Waals surface area contributed by atoms with Gasteiger partial charge in [-0.15, -0.1) is 8.98 Å². The van der Waals surface area contributed by atoms with Gasteiger partial charge < -0.3 is 11.1 Å². The summed E-state index contributed by atoms with van der Waals surface area (Å²) in [6, 6.07) is 20.7. The van der Waals surface area contributed by atoms with Crippen LogP contribution in [0.2, 0.25) is 0 Å². The van der Waals surface area contributed by atoms with E-state index in [2.05, 4.69) is 15.5 Å². The number of nitrogens with zero attached hydrogens (tertiary/aromatic N) is 2. The molecule has 4 aromatic rings. The van der Waals surface area contributed by atoms with Crippen molar-refractivity contribution < 1.29 is 17.1 Å². The molecular formula is C23H17FN4O3S. The molecule has 3 aromatic carbocycles. The van der Waals surface area contributed by atoms with E-state index in [1.807, 2.05) is 0 Å². The normalized spacial score (nSPS) is 11.2. The Morgan fingerprint density at radius 3 is 2.38 bits per heavy atom. The van der Waals surface area contributed by atoms with Gasteiger partial charge in [0, 0.05) is 22.5 Å².